The molecule has 30 heavy (non-hydrogen) atoms. The number of carbonyl (C=O) groups excluding carboxylic acids is 2. The minimum Gasteiger partial charge on any atom is -0.325 e. The minimum absolute atomic E-state index is 0.0198. The van der Waals surface area contributed by atoms with Gasteiger partial charge in [0.15, 0.2) is 9.84 Å². The number of nitrogens with one attached hydrogen (secondary N) is 2. The summed E-state index contributed by atoms with van der Waals surface area (Å²) >= 11 is 0. The summed E-state index contributed by atoms with van der Waals surface area (Å²) in [7, 11) is -3.51. The molecule has 3 rings (SSSR count). The number of sulfone groups is 1. The first-order valence-electron chi connectivity index (χ1n) is 10.2. The van der Waals surface area contributed by atoms with E-state index in [1.54, 1.807) is 43.3 Å². The Kier molecular flexibility index (Phi) is 7.10. The van der Waals surface area contributed by atoms with Crippen LogP contribution < -0.4 is 10.6 Å². The van der Waals surface area contributed by atoms with E-state index in [1.807, 2.05) is 4.90 Å². The molecule has 8 heteroatoms. The van der Waals surface area contributed by atoms with Gasteiger partial charge in [0.25, 0.3) is 5.91 Å². The molecule has 2 aromatic carbocycles. The van der Waals surface area contributed by atoms with E-state index >= 15 is 0 Å². The van der Waals surface area contributed by atoms with Crippen molar-refractivity contribution in [3.63, 3.8) is 0 Å². The van der Waals surface area contributed by atoms with Crippen LogP contribution in [0.15, 0.2) is 53.4 Å². The van der Waals surface area contributed by atoms with Gasteiger partial charge in [-0.15, -0.1) is 0 Å². The van der Waals surface area contributed by atoms with Crippen LogP contribution in [0.25, 0.3) is 0 Å². The number of rotatable bonds is 5. The molecule has 1 saturated heterocycles. The summed E-state index contributed by atoms with van der Waals surface area (Å²) in [6, 6.07) is 12.8. The van der Waals surface area contributed by atoms with Gasteiger partial charge in [-0.25, -0.2) is 13.2 Å². The third kappa shape index (κ3) is 5.38. The van der Waals surface area contributed by atoms with E-state index in [2.05, 4.69) is 10.6 Å². The Hall–Kier alpha value is -2.87. The SMILES string of the molecule is CCS(=O)(=O)c1ccccc1C(=O)Nc1ccc(NC(=O)N2CCCCCC2)cc1. The van der Waals surface area contributed by atoms with Crippen LogP contribution in [0.3, 0.4) is 0 Å². The lowest BCUT2D eigenvalue weighted by Crippen LogP contribution is -2.35. The molecule has 0 unspecified atom stereocenters. The molecule has 0 atom stereocenters. The molecule has 2 N–H and O–H groups in total. The van der Waals surface area contributed by atoms with Crippen molar-refractivity contribution in [1.82, 2.24) is 4.90 Å². The molecular weight excluding hydrogens is 402 g/mol. The van der Waals surface area contributed by atoms with Crippen molar-refractivity contribution in [3.05, 3.63) is 54.1 Å². The van der Waals surface area contributed by atoms with Crippen molar-refractivity contribution in [1.29, 1.82) is 0 Å². The number of benzene rings is 2. The van der Waals surface area contributed by atoms with Gasteiger partial charge >= 0.3 is 6.03 Å². The summed E-state index contributed by atoms with van der Waals surface area (Å²) in [6.07, 6.45) is 4.35. The van der Waals surface area contributed by atoms with Crippen molar-refractivity contribution < 1.29 is 18.0 Å². The second-order valence-electron chi connectivity index (χ2n) is 7.26. The molecule has 160 valence electrons. The number of urea groups is 1. The largest absolute Gasteiger partial charge is 0.325 e. The van der Waals surface area contributed by atoms with Crippen LogP contribution in [0.2, 0.25) is 0 Å². The Morgan fingerprint density at radius 3 is 2.03 bits per heavy atom. The first kappa shape index (κ1) is 21.8. The molecule has 0 aromatic heterocycles. The molecule has 0 aliphatic carbocycles. The van der Waals surface area contributed by atoms with Crippen molar-refractivity contribution >= 4 is 33.2 Å². The highest BCUT2D eigenvalue weighted by atomic mass is 32.2. The fourth-order valence-electron chi connectivity index (χ4n) is 3.39. The van der Waals surface area contributed by atoms with E-state index in [-0.39, 0.29) is 22.2 Å². The molecule has 3 amide bonds. The Bertz CT molecular complexity index is 995. The molecule has 1 heterocycles. The van der Waals surface area contributed by atoms with E-state index in [0.29, 0.717) is 11.4 Å². The topological polar surface area (TPSA) is 95.6 Å². The normalized spacial score (nSPS) is 14.6. The van der Waals surface area contributed by atoms with Crippen LogP contribution >= 0.6 is 0 Å². The van der Waals surface area contributed by atoms with Crippen molar-refractivity contribution in [3.8, 4) is 0 Å². The number of anilines is 2. The lowest BCUT2D eigenvalue weighted by molar-refractivity contribution is 0.102. The van der Waals surface area contributed by atoms with E-state index in [0.717, 1.165) is 38.8 Å². The van der Waals surface area contributed by atoms with Crippen LogP contribution in [0.1, 0.15) is 43.0 Å². The van der Waals surface area contributed by atoms with Gasteiger partial charge in [0.1, 0.15) is 0 Å². The molecule has 2 aromatic rings. The van der Waals surface area contributed by atoms with E-state index in [1.165, 1.54) is 12.1 Å². The van der Waals surface area contributed by atoms with E-state index < -0.39 is 15.7 Å². The average molecular weight is 430 g/mol. The first-order chi connectivity index (χ1) is 14.4. The summed E-state index contributed by atoms with van der Waals surface area (Å²) in [5, 5.41) is 5.60. The van der Waals surface area contributed by atoms with E-state index in [4.69, 9.17) is 0 Å². The molecule has 0 bridgehead atoms. The fraction of sp³-hybridized carbons (Fsp3) is 0.364. The Balaban J connectivity index is 1.66. The monoisotopic (exact) mass is 429 g/mol. The predicted octanol–water partition coefficient (Wildman–Crippen LogP) is 4.14. The number of hydrogen-bond donors (Lipinski definition) is 2. The highest BCUT2D eigenvalue weighted by molar-refractivity contribution is 7.91. The maximum atomic E-state index is 12.6. The third-order valence-corrected chi connectivity index (χ3v) is 6.92. The molecule has 0 spiro atoms. The molecule has 0 saturated carbocycles. The summed E-state index contributed by atoms with van der Waals surface area (Å²) in [5.41, 5.74) is 1.26. The summed E-state index contributed by atoms with van der Waals surface area (Å²) in [5.74, 6) is -0.577. The lowest BCUT2D eigenvalue weighted by Gasteiger charge is -2.20. The number of hydrogen-bond acceptors (Lipinski definition) is 4. The standard InChI is InChI=1S/C22H27N3O4S/c1-2-30(28,29)20-10-6-5-9-19(20)21(26)23-17-11-13-18(14-12-17)24-22(27)25-15-7-3-4-8-16-25/h5-6,9-14H,2-4,7-8,15-16H2,1H3,(H,23,26)(H,24,27). The van der Waals surface area contributed by atoms with Crippen molar-refractivity contribution in [2.24, 2.45) is 0 Å². The van der Waals surface area contributed by atoms with Crippen LogP contribution in [-0.4, -0.2) is 44.1 Å². The smallest absolute Gasteiger partial charge is 0.321 e. The third-order valence-electron chi connectivity index (χ3n) is 5.13. The quantitative estimate of drug-likeness (QED) is 0.747. The van der Waals surface area contributed by atoms with Crippen LogP contribution in [0.5, 0.6) is 0 Å². The van der Waals surface area contributed by atoms with Crippen molar-refractivity contribution in [2.75, 3.05) is 29.5 Å². The number of carbonyl (C=O) groups is 2. The second kappa shape index (κ2) is 9.75. The maximum absolute atomic E-state index is 12.6. The highest BCUT2D eigenvalue weighted by Crippen LogP contribution is 2.20. The molecule has 1 aliphatic heterocycles. The zero-order chi connectivity index (χ0) is 21.6. The zero-order valence-corrected chi connectivity index (χ0v) is 17.9. The fourth-order valence-corrected chi connectivity index (χ4v) is 4.49. The summed E-state index contributed by atoms with van der Waals surface area (Å²) < 4.78 is 24.5. The predicted molar refractivity (Wildman–Crippen MR) is 118 cm³/mol. The summed E-state index contributed by atoms with van der Waals surface area (Å²) in [6.45, 7) is 3.07. The molecule has 1 fully saturated rings. The molecule has 1 aliphatic rings. The molecule has 7 nitrogen and oxygen atoms in total. The van der Waals surface area contributed by atoms with Crippen LogP contribution in [-0.2, 0) is 9.84 Å². The van der Waals surface area contributed by atoms with Gasteiger partial charge < -0.3 is 15.5 Å². The number of nitrogens with zero attached hydrogens (tertiary/aromatic N) is 1. The molecule has 0 radical (unpaired) electrons. The second-order valence-corrected chi connectivity index (χ2v) is 9.51. The van der Waals surface area contributed by atoms with Crippen molar-refractivity contribution in [2.45, 2.75) is 37.5 Å². The van der Waals surface area contributed by atoms with Gasteiger partial charge in [-0.05, 0) is 49.2 Å². The van der Waals surface area contributed by atoms with Gasteiger partial charge in [-0.3, -0.25) is 4.79 Å². The Morgan fingerprint density at radius 2 is 1.43 bits per heavy atom. The maximum Gasteiger partial charge on any atom is 0.321 e. The van der Waals surface area contributed by atoms with E-state index in [9.17, 15) is 18.0 Å². The first-order valence-corrected chi connectivity index (χ1v) is 11.8. The number of amides is 3. The molecular formula is C22H27N3O4S. The Morgan fingerprint density at radius 1 is 0.867 bits per heavy atom. The zero-order valence-electron chi connectivity index (χ0n) is 17.1. The average Bonchev–Trinajstić information content (AvgIpc) is 3.05. The minimum atomic E-state index is -3.51. The van der Waals surface area contributed by atoms with Gasteiger partial charge in [0, 0.05) is 24.5 Å². The van der Waals surface area contributed by atoms with Crippen LogP contribution in [0.4, 0.5) is 16.2 Å². The lowest BCUT2D eigenvalue weighted by atomic mass is 10.2. The summed E-state index contributed by atoms with van der Waals surface area (Å²) in [4.78, 5) is 26.9. The van der Waals surface area contributed by atoms with Gasteiger partial charge in [0.2, 0.25) is 0 Å². The van der Waals surface area contributed by atoms with Gasteiger partial charge in [-0.2, -0.15) is 0 Å². The Labute approximate surface area is 177 Å². The number of likely N-dealkylation sites (tertiary alicyclic amines) is 1. The van der Waals surface area contributed by atoms with Crippen LogP contribution in [0, 0.1) is 0 Å². The van der Waals surface area contributed by atoms with Gasteiger partial charge in [-0.1, -0.05) is 31.9 Å². The van der Waals surface area contributed by atoms with Gasteiger partial charge in [0.05, 0.1) is 16.2 Å². The highest BCUT2D eigenvalue weighted by Gasteiger charge is 2.20.